The molecule has 1 atom stereocenters. The molecule has 0 aromatic carbocycles. The Morgan fingerprint density at radius 3 is 2.71 bits per heavy atom. The van der Waals surface area contributed by atoms with Crippen LogP contribution in [0.15, 0.2) is 49.2 Å². The molecule has 5 rings (SSSR count). The van der Waals surface area contributed by atoms with E-state index in [0.29, 0.717) is 5.56 Å². The fourth-order valence-corrected chi connectivity index (χ4v) is 4.50. The number of hydrogen-bond donors (Lipinski definition) is 3. The molecular formula is C25H27N8O2+. The lowest BCUT2D eigenvalue weighted by molar-refractivity contribution is -0.726. The number of nitrogens with one attached hydrogen (secondary N) is 2. The van der Waals surface area contributed by atoms with E-state index in [2.05, 4.69) is 32.5 Å². The average molecular weight is 472 g/mol. The van der Waals surface area contributed by atoms with Gasteiger partial charge in [-0.05, 0) is 38.0 Å². The summed E-state index contributed by atoms with van der Waals surface area (Å²) < 4.78 is 3.62. The van der Waals surface area contributed by atoms with Crippen LogP contribution in [0.2, 0.25) is 0 Å². The number of anilines is 1. The minimum Gasteiger partial charge on any atom is -0.384 e. The third kappa shape index (κ3) is 4.46. The standard InChI is InChI=1S/C25H26N8O2/c1-16(34)25(35)30-21-5-7-32(8-6-21)23-4-3-17(11-27-23)22-9-18(20-13-28-31(2)14-20)15-33-24(22)19(10-26)12-29-33/h3-4,9,11-16,21,34H,5-8H2,1-2H3,(H,30,35)/p+1/t16-/m0/s1. The number of carbonyl (C=O) groups excluding carboxylic acids is 1. The summed E-state index contributed by atoms with van der Waals surface area (Å²) in [7, 11) is 1.93. The Balaban J connectivity index is 1.41. The molecule has 0 radical (unpaired) electrons. The molecule has 0 saturated carbocycles. The maximum absolute atomic E-state index is 11.8. The molecule has 0 spiro atoms. The van der Waals surface area contributed by atoms with E-state index >= 15 is 0 Å². The Bertz CT molecular complexity index is 1410. The van der Waals surface area contributed by atoms with Crippen molar-refractivity contribution >= 4 is 17.2 Å². The summed E-state index contributed by atoms with van der Waals surface area (Å²) in [5.41, 5.74) is 5.04. The first kappa shape index (κ1) is 22.6. The molecule has 1 aliphatic rings. The lowest BCUT2D eigenvalue weighted by Gasteiger charge is -2.33. The minimum atomic E-state index is -0.996. The van der Waals surface area contributed by atoms with Gasteiger partial charge in [-0.15, -0.1) is 4.68 Å². The van der Waals surface area contributed by atoms with Gasteiger partial charge in [0.15, 0.2) is 7.05 Å². The first-order valence-electron chi connectivity index (χ1n) is 11.6. The fourth-order valence-electron chi connectivity index (χ4n) is 4.50. The summed E-state index contributed by atoms with van der Waals surface area (Å²) in [6.07, 6.45) is 9.85. The van der Waals surface area contributed by atoms with E-state index in [1.165, 1.54) is 6.92 Å². The molecule has 0 aliphatic carbocycles. The number of hydrogen-bond acceptors (Lipinski definition) is 6. The number of amides is 1. The number of rotatable bonds is 5. The third-order valence-corrected chi connectivity index (χ3v) is 6.43. The second-order valence-corrected chi connectivity index (χ2v) is 8.93. The summed E-state index contributed by atoms with van der Waals surface area (Å²) in [4.78, 5) is 18.7. The van der Waals surface area contributed by atoms with Crippen molar-refractivity contribution in [2.75, 3.05) is 18.0 Å². The predicted octanol–water partition coefficient (Wildman–Crippen LogP) is 1.55. The van der Waals surface area contributed by atoms with Gasteiger partial charge in [0.25, 0.3) is 0 Å². The molecule has 1 amide bonds. The van der Waals surface area contributed by atoms with Crippen LogP contribution in [-0.4, -0.2) is 55.9 Å². The van der Waals surface area contributed by atoms with Gasteiger partial charge in [-0.2, -0.15) is 15.5 Å². The number of carbonyl (C=O) groups is 1. The van der Waals surface area contributed by atoms with Crippen LogP contribution < -0.4 is 14.9 Å². The Hall–Kier alpha value is -4.23. The quantitative estimate of drug-likeness (QED) is 0.379. The number of fused-ring (bicyclic) bond motifs is 1. The molecule has 3 N–H and O–H groups in total. The molecule has 5 heterocycles. The van der Waals surface area contributed by atoms with Gasteiger partial charge in [0.05, 0.1) is 29.0 Å². The average Bonchev–Trinajstić information content (AvgIpc) is 3.50. The largest absolute Gasteiger partial charge is 0.384 e. The molecule has 4 aromatic rings. The first-order valence-corrected chi connectivity index (χ1v) is 11.6. The van der Waals surface area contributed by atoms with E-state index in [4.69, 9.17) is 4.98 Å². The number of aliphatic hydroxyl groups is 1. The predicted molar refractivity (Wildman–Crippen MR) is 129 cm³/mol. The van der Waals surface area contributed by atoms with Crippen molar-refractivity contribution in [2.24, 2.45) is 7.05 Å². The van der Waals surface area contributed by atoms with Gasteiger partial charge in [-0.25, -0.2) is 9.50 Å². The highest BCUT2D eigenvalue weighted by Crippen LogP contribution is 2.32. The van der Waals surface area contributed by atoms with Gasteiger partial charge >= 0.3 is 0 Å². The molecule has 1 saturated heterocycles. The zero-order chi connectivity index (χ0) is 24.5. The fraction of sp³-hybridized carbons (Fsp3) is 0.320. The Morgan fingerprint density at radius 1 is 1.29 bits per heavy atom. The highest BCUT2D eigenvalue weighted by atomic mass is 16.3. The Morgan fingerprint density at radius 2 is 2.09 bits per heavy atom. The summed E-state index contributed by atoms with van der Waals surface area (Å²) in [5.74, 6) is 0.539. The van der Waals surface area contributed by atoms with Crippen LogP contribution in [0.1, 0.15) is 25.3 Å². The number of nitriles is 1. The number of aryl methyl sites for hydroxylation is 1. The molecule has 10 nitrogen and oxygen atoms in total. The van der Waals surface area contributed by atoms with Crippen LogP contribution in [0.3, 0.4) is 0 Å². The van der Waals surface area contributed by atoms with Gasteiger partial charge in [0.2, 0.25) is 12.1 Å². The third-order valence-electron chi connectivity index (χ3n) is 6.43. The number of H-pyrrole nitrogens is 1. The van der Waals surface area contributed by atoms with Crippen LogP contribution >= 0.6 is 0 Å². The Labute approximate surface area is 202 Å². The number of aliphatic hydroxyl groups excluding tert-OH is 1. The number of aromatic amines is 1. The topological polar surface area (TPSA) is 126 Å². The molecule has 1 fully saturated rings. The molecule has 35 heavy (non-hydrogen) atoms. The molecule has 178 valence electrons. The Kier molecular flexibility index (Phi) is 5.93. The zero-order valence-corrected chi connectivity index (χ0v) is 19.6. The van der Waals surface area contributed by atoms with Crippen molar-refractivity contribution in [3.8, 4) is 28.3 Å². The lowest BCUT2D eigenvalue weighted by atomic mass is 10.0. The molecular weight excluding hydrogens is 444 g/mol. The molecule has 0 unspecified atom stereocenters. The van der Waals surface area contributed by atoms with Crippen LogP contribution in [0, 0.1) is 11.3 Å². The van der Waals surface area contributed by atoms with Gasteiger partial charge < -0.3 is 15.3 Å². The molecule has 4 aromatic heterocycles. The van der Waals surface area contributed by atoms with Crippen molar-refractivity contribution in [3.05, 3.63) is 54.7 Å². The maximum atomic E-state index is 11.8. The lowest BCUT2D eigenvalue weighted by Crippen LogP contribution is -2.47. The van der Waals surface area contributed by atoms with Crippen molar-refractivity contribution in [1.29, 1.82) is 5.26 Å². The van der Waals surface area contributed by atoms with Crippen LogP contribution in [0.5, 0.6) is 0 Å². The summed E-state index contributed by atoms with van der Waals surface area (Å²) in [6, 6.07) is 8.38. The smallest absolute Gasteiger partial charge is 0.248 e. The van der Waals surface area contributed by atoms with Crippen LogP contribution in [0.4, 0.5) is 5.82 Å². The maximum Gasteiger partial charge on any atom is 0.248 e. The number of pyridine rings is 2. The second kappa shape index (κ2) is 9.19. The van der Waals surface area contributed by atoms with Crippen LogP contribution in [-0.2, 0) is 11.8 Å². The van der Waals surface area contributed by atoms with Gasteiger partial charge in [-0.3, -0.25) is 4.79 Å². The van der Waals surface area contributed by atoms with Crippen molar-refractivity contribution < 1.29 is 14.6 Å². The normalized spacial score (nSPS) is 15.2. The SMILES string of the molecule is C[C@H](O)C(=O)NC1CCN(c2ccc(-c3cc(-c4c[nH][n+](C)c4)cn4ncc(C#N)c34)cn2)CC1. The summed E-state index contributed by atoms with van der Waals surface area (Å²) in [5, 5.41) is 29.5. The van der Waals surface area contributed by atoms with Crippen LogP contribution in [0.25, 0.3) is 27.8 Å². The molecule has 0 bridgehead atoms. The van der Waals surface area contributed by atoms with E-state index in [-0.39, 0.29) is 11.9 Å². The van der Waals surface area contributed by atoms with E-state index in [1.807, 2.05) is 48.6 Å². The number of piperidine rings is 1. The van der Waals surface area contributed by atoms with Gasteiger partial charge in [0.1, 0.15) is 18.0 Å². The molecule has 10 heteroatoms. The van der Waals surface area contributed by atoms with Gasteiger partial charge in [-0.1, -0.05) is 0 Å². The van der Waals surface area contributed by atoms with E-state index < -0.39 is 6.10 Å². The first-order chi connectivity index (χ1) is 16.9. The summed E-state index contributed by atoms with van der Waals surface area (Å²) in [6.45, 7) is 3.01. The van der Waals surface area contributed by atoms with Crippen molar-refractivity contribution in [1.82, 2.24) is 25.0 Å². The zero-order valence-electron chi connectivity index (χ0n) is 19.6. The second-order valence-electron chi connectivity index (χ2n) is 8.93. The minimum absolute atomic E-state index is 0.0603. The monoisotopic (exact) mass is 471 g/mol. The van der Waals surface area contributed by atoms with E-state index in [0.717, 1.165) is 59.5 Å². The van der Waals surface area contributed by atoms with Crippen molar-refractivity contribution in [3.63, 3.8) is 0 Å². The number of nitrogens with zero attached hydrogens (tertiary/aromatic N) is 6. The van der Waals surface area contributed by atoms with Crippen molar-refractivity contribution in [2.45, 2.75) is 31.9 Å². The van der Waals surface area contributed by atoms with E-state index in [9.17, 15) is 15.2 Å². The molecule has 1 aliphatic heterocycles. The number of aromatic nitrogens is 5. The van der Waals surface area contributed by atoms with Gasteiger partial charge in [0, 0.05) is 48.2 Å². The van der Waals surface area contributed by atoms with E-state index in [1.54, 1.807) is 10.7 Å². The highest BCUT2D eigenvalue weighted by molar-refractivity contribution is 5.87. The highest BCUT2D eigenvalue weighted by Gasteiger charge is 2.23. The summed E-state index contributed by atoms with van der Waals surface area (Å²) >= 11 is 0.